The quantitative estimate of drug-likeness (QED) is 0.548. The molecule has 4 rings (SSSR count). The lowest BCUT2D eigenvalue weighted by Crippen LogP contribution is -2.28. The van der Waals surface area contributed by atoms with Crippen molar-refractivity contribution in [2.24, 2.45) is 0 Å². The first-order valence-corrected chi connectivity index (χ1v) is 9.75. The first kappa shape index (κ1) is 18.6. The Morgan fingerprint density at radius 3 is 2.79 bits per heavy atom. The molecule has 0 N–H and O–H groups in total. The number of anilines is 1. The van der Waals surface area contributed by atoms with E-state index in [0.717, 1.165) is 16.9 Å². The summed E-state index contributed by atoms with van der Waals surface area (Å²) in [5, 5.41) is 0. The number of carbonyl (C=O) groups is 1. The molecule has 142 valence electrons. The van der Waals surface area contributed by atoms with E-state index in [9.17, 15) is 4.79 Å². The molecule has 2 aliphatic rings. The molecule has 1 fully saturated rings. The van der Waals surface area contributed by atoms with Crippen LogP contribution in [0, 0.1) is 0 Å². The zero-order valence-corrected chi connectivity index (χ0v) is 16.9. The van der Waals surface area contributed by atoms with Gasteiger partial charge in [0.25, 0.3) is 5.91 Å². The molecule has 2 aliphatic heterocycles. The summed E-state index contributed by atoms with van der Waals surface area (Å²) in [5.41, 5.74) is 2.50. The number of rotatable bonds is 4. The van der Waals surface area contributed by atoms with Gasteiger partial charge in [0.1, 0.15) is 23.9 Å². The molecule has 0 atom stereocenters. The van der Waals surface area contributed by atoms with Gasteiger partial charge in [-0.15, -0.1) is 0 Å². The van der Waals surface area contributed by atoms with E-state index in [0.29, 0.717) is 33.0 Å². The molecule has 0 aromatic heterocycles. The maximum absolute atomic E-state index is 13.1. The van der Waals surface area contributed by atoms with E-state index in [1.165, 1.54) is 16.7 Å². The van der Waals surface area contributed by atoms with Gasteiger partial charge < -0.3 is 14.2 Å². The van der Waals surface area contributed by atoms with Gasteiger partial charge in [0, 0.05) is 11.6 Å². The van der Waals surface area contributed by atoms with Crippen LogP contribution < -0.4 is 19.1 Å². The molecule has 5 nitrogen and oxygen atoms in total. The number of amides is 1. The number of methoxy groups -OCH3 is 2. The summed E-state index contributed by atoms with van der Waals surface area (Å²) in [4.78, 5) is 15.1. The smallest absolute Gasteiger partial charge is 0.270 e. The Balaban J connectivity index is 1.65. The van der Waals surface area contributed by atoms with E-state index >= 15 is 0 Å². The highest BCUT2D eigenvalue weighted by Gasteiger charge is 2.35. The molecule has 1 amide bonds. The lowest BCUT2D eigenvalue weighted by atomic mass is 10.1. The average Bonchev–Trinajstić information content (AvgIpc) is 3.00. The number of hydrogen-bond acceptors (Lipinski definition) is 6. The van der Waals surface area contributed by atoms with Crippen molar-refractivity contribution in [3.05, 3.63) is 64.6 Å². The van der Waals surface area contributed by atoms with Crippen LogP contribution in [0.2, 0.25) is 0 Å². The van der Waals surface area contributed by atoms with Crippen molar-refractivity contribution in [2.45, 2.75) is 0 Å². The summed E-state index contributed by atoms with van der Waals surface area (Å²) in [5.74, 6) is 1.82. The highest BCUT2D eigenvalue weighted by atomic mass is 32.2. The molecule has 2 aromatic rings. The van der Waals surface area contributed by atoms with Crippen LogP contribution in [0.4, 0.5) is 5.69 Å². The first-order chi connectivity index (χ1) is 13.6. The molecule has 28 heavy (non-hydrogen) atoms. The number of nitrogens with zero attached hydrogens (tertiary/aromatic N) is 1. The van der Waals surface area contributed by atoms with Crippen molar-refractivity contribution in [3.8, 4) is 17.2 Å². The molecule has 0 bridgehead atoms. The monoisotopic (exact) mass is 411 g/mol. The maximum Gasteiger partial charge on any atom is 0.270 e. The molecule has 0 unspecified atom stereocenters. The molecule has 0 radical (unpaired) electrons. The normalized spacial score (nSPS) is 17.3. The van der Waals surface area contributed by atoms with Crippen LogP contribution in [-0.2, 0) is 4.79 Å². The Morgan fingerprint density at radius 1 is 1.18 bits per heavy atom. The molecule has 7 heteroatoms. The maximum atomic E-state index is 13.1. The lowest BCUT2D eigenvalue weighted by Gasteiger charge is -2.18. The first-order valence-electron chi connectivity index (χ1n) is 8.53. The molecule has 1 saturated heterocycles. The van der Waals surface area contributed by atoms with E-state index in [2.05, 4.69) is 0 Å². The molecule has 0 spiro atoms. The highest BCUT2D eigenvalue weighted by molar-refractivity contribution is 8.27. The van der Waals surface area contributed by atoms with E-state index in [4.69, 9.17) is 26.4 Å². The molecule has 2 aromatic carbocycles. The van der Waals surface area contributed by atoms with Crippen LogP contribution in [0.5, 0.6) is 17.2 Å². The summed E-state index contributed by atoms with van der Waals surface area (Å²) >= 11 is 6.73. The molecule has 0 aliphatic carbocycles. The number of para-hydroxylation sites is 1. The minimum absolute atomic E-state index is 0.182. The van der Waals surface area contributed by atoms with Gasteiger partial charge in [-0.2, -0.15) is 0 Å². The summed E-state index contributed by atoms with van der Waals surface area (Å²) in [6.45, 7) is 0.410. The number of hydrogen-bond donors (Lipinski definition) is 0. The van der Waals surface area contributed by atoms with Gasteiger partial charge in [0.15, 0.2) is 4.32 Å². The van der Waals surface area contributed by atoms with Gasteiger partial charge in [-0.25, -0.2) is 0 Å². The zero-order chi connectivity index (χ0) is 19.7. The fourth-order valence-electron chi connectivity index (χ4n) is 3.03. The summed E-state index contributed by atoms with van der Waals surface area (Å²) in [6, 6.07) is 13.1. The Hall–Kier alpha value is -2.77. The zero-order valence-electron chi connectivity index (χ0n) is 15.3. The van der Waals surface area contributed by atoms with Crippen LogP contribution >= 0.6 is 24.0 Å². The SMILES string of the molecule is COc1ccc(N2C(=O)C(=CC3=Cc4ccccc4OC3)SC2=S)c(OC)c1. The Bertz CT molecular complexity index is 1030. The predicted octanol–water partition coefficient (Wildman–Crippen LogP) is 4.43. The largest absolute Gasteiger partial charge is 0.497 e. The second-order valence-electron chi connectivity index (χ2n) is 6.10. The topological polar surface area (TPSA) is 48.0 Å². The Morgan fingerprint density at radius 2 is 2.00 bits per heavy atom. The number of ether oxygens (including phenoxy) is 3. The van der Waals surface area contributed by atoms with Crippen LogP contribution in [0.3, 0.4) is 0 Å². The summed E-state index contributed by atoms with van der Waals surface area (Å²) in [7, 11) is 3.13. The standard InChI is InChI=1S/C21H17NO4S2/c1-24-15-7-8-16(18(11-15)25-2)22-20(23)19(28-21(22)27)10-13-9-14-5-3-4-6-17(14)26-12-13/h3-11H,12H2,1-2H3. The second kappa shape index (κ2) is 7.69. The molecular weight excluding hydrogens is 394 g/mol. The highest BCUT2D eigenvalue weighted by Crippen LogP contribution is 2.41. The van der Waals surface area contributed by atoms with Gasteiger partial charge in [-0.3, -0.25) is 9.69 Å². The van der Waals surface area contributed by atoms with Crippen molar-refractivity contribution in [1.29, 1.82) is 0 Å². The minimum atomic E-state index is -0.182. The Kier molecular flexibility index (Phi) is 5.11. The van der Waals surface area contributed by atoms with E-state index in [1.54, 1.807) is 32.4 Å². The lowest BCUT2D eigenvalue weighted by molar-refractivity contribution is -0.113. The van der Waals surface area contributed by atoms with Crippen LogP contribution in [0.1, 0.15) is 5.56 Å². The number of fused-ring (bicyclic) bond motifs is 1. The minimum Gasteiger partial charge on any atom is -0.497 e. The molecule has 0 saturated carbocycles. The van der Waals surface area contributed by atoms with Gasteiger partial charge >= 0.3 is 0 Å². The van der Waals surface area contributed by atoms with Gasteiger partial charge in [-0.05, 0) is 35.9 Å². The second-order valence-corrected chi connectivity index (χ2v) is 7.78. The van der Waals surface area contributed by atoms with Gasteiger partial charge in [0.05, 0.1) is 24.8 Å². The molecule has 2 heterocycles. The average molecular weight is 412 g/mol. The third-order valence-electron chi connectivity index (χ3n) is 4.39. The number of thioether (sulfide) groups is 1. The summed E-state index contributed by atoms with van der Waals surface area (Å²) < 4.78 is 16.9. The van der Waals surface area contributed by atoms with Crippen LogP contribution in [-0.4, -0.2) is 31.1 Å². The van der Waals surface area contributed by atoms with Crippen molar-refractivity contribution in [2.75, 3.05) is 25.7 Å². The van der Waals surface area contributed by atoms with Crippen LogP contribution in [0.25, 0.3) is 6.08 Å². The van der Waals surface area contributed by atoms with Gasteiger partial charge in [-0.1, -0.05) is 42.2 Å². The summed E-state index contributed by atoms with van der Waals surface area (Å²) in [6.07, 6.45) is 3.87. The van der Waals surface area contributed by atoms with E-state index < -0.39 is 0 Å². The number of benzene rings is 2. The third kappa shape index (κ3) is 3.39. The van der Waals surface area contributed by atoms with Crippen molar-refractivity contribution >= 4 is 46.0 Å². The van der Waals surface area contributed by atoms with Crippen LogP contribution in [0.15, 0.2) is 59.0 Å². The third-order valence-corrected chi connectivity index (χ3v) is 5.69. The van der Waals surface area contributed by atoms with Crippen molar-refractivity contribution in [1.82, 2.24) is 0 Å². The number of thiocarbonyl (C=S) groups is 1. The van der Waals surface area contributed by atoms with Gasteiger partial charge in [0.2, 0.25) is 0 Å². The molecular formula is C21H17NO4S2. The van der Waals surface area contributed by atoms with Crippen molar-refractivity contribution < 1.29 is 19.0 Å². The number of carbonyl (C=O) groups excluding carboxylic acids is 1. The fraction of sp³-hybridized carbons (Fsp3) is 0.143. The van der Waals surface area contributed by atoms with E-state index in [1.807, 2.05) is 36.4 Å². The predicted molar refractivity (Wildman–Crippen MR) is 115 cm³/mol. The van der Waals surface area contributed by atoms with E-state index in [-0.39, 0.29) is 5.91 Å². The Labute approximate surface area is 172 Å². The van der Waals surface area contributed by atoms with Crippen molar-refractivity contribution in [3.63, 3.8) is 0 Å². The fourth-order valence-corrected chi connectivity index (χ4v) is 4.33.